The predicted molar refractivity (Wildman–Crippen MR) is 69.8 cm³/mol. The first-order valence-corrected chi connectivity index (χ1v) is 6.87. The largest absolute Gasteiger partial charge is 0.385 e. The predicted octanol–water partition coefficient (Wildman–Crippen LogP) is 2.39. The van der Waals surface area contributed by atoms with Crippen LogP contribution in [0.15, 0.2) is 0 Å². The second-order valence-electron chi connectivity index (χ2n) is 5.19. The molecular weight excluding hydrogens is 228 g/mol. The monoisotopic (exact) mass is 252 g/mol. The van der Waals surface area contributed by atoms with Crippen molar-refractivity contribution in [1.29, 1.82) is 5.26 Å². The number of methoxy groups -OCH3 is 1. The second kappa shape index (κ2) is 7.38. The van der Waals surface area contributed by atoms with Crippen LogP contribution in [-0.2, 0) is 9.53 Å². The van der Waals surface area contributed by atoms with Crippen LogP contribution in [0.2, 0.25) is 0 Å². The summed E-state index contributed by atoms with van der Waals surface area (Å²) >= 11 is 0. The molecular formula is C14H24N2O2. The lowest BCUT2D eigenvalue weighted by Gasteiger charge is -2.35. The van der Waals surface area contributed by atoms with Gasteiger partial charge in [0.25, 0.3) is 0 Å². The molecule has 0 heterocycles. The third-order valence-electron chi connectivity index (χ3n) is 3.88. The van der Waals surface area contributed by atoms with Crippen LogP contribution in [0.4, 0.5) is 0 Å². The van der Waals surface area contributed by atoms with Gasteiger partial charge in [-0.1, -0.05) is 13.3 Å². The molecule has 0 spiro atoms. The molecule has 1 fully saturated rings. The fraction of sp³-hybridized carbons (Fsp3) is 0.857. The van der Waals surface area contributed by atoms with Gasteiger partial charge in [-0.15, -0.1) is 0 Å². The highest BCUT2D eigenvalue weighted by Crippen LogP contribution is 2.33. The molecule has 4 nitrogen and oxygen atoms in total. The zero-order valence-corrected chi connectivity index (χ0v) is 11.5. The summed E-state index contributed by atoms with van der Waals surface area (Å²) in [6.45, 7) is 2.78. The Labute approximate surface area is 110 Å². The smallest absolute Gasteiger partial charge is 0.221 e. The first-order chi connectivity index (χ1) is 8.65. The number of carbonyl (C=O) groups is 1. The summed E-state index contributed by atoms with van der Waals surface area (Å²) in [5, 5.41) is 12.3. The highest BCUT2D eigenvalue weighted by Gasteiger charge is 2.36. The molecule has 0 aromatic rings. The highest BCUT2D eigenvalue weighted by molar-refractivity contribution is 5.77. The summed E-state index contributed by atoms with van der Waals surface area (Å²) in [5.74, 6) is 0.695. The Hall–Kier alpha value is -1.08. The van der Waals surface area contributed by atoms with E-state index in [1.54, 1.807) is 7.11 Å². The first kappa shape index (κ1) is 15.0. The van der Waals surface area contributed by atoms with Gasteiger partial charge in [-0.3, -0.25) is 4.79 Å². The van der Waals surface area contributed by atoms with Gasteiger partial charge in [-0.05, 0) is 38.0 Å². The maximum Gasteiger partial charge on any atom is 0.221 e. The van der Waals surface area contributed by atoms with Crippen LogP contribution >= 0.6 is 0 Å². The Kier molecular flexibility index (Phi) is 6.14. The molecule has 0 radical (unpaired) electrons. The van der Waals surface area contributed by atoms with E-state index in [2.05, 4.69) is 18.3 Å². The number of hydrogen-bond acceptors (Lipinski definition) is 3. The van der Waals surface area contributed by atoms with Gasteiger partial charge in [0, 0.05) is 20.1 Å². The van der Waals surface area contributed by atoms with E-state index in [0.29, 0.717) is 19.4 Å². The first-order valence-electron chi connectivity index (χ1n) is 6.87. The number of ether oxygens (including phenoxy) is 1. The van der Waals surface area contributed by atoms with Crippen molar-refractivity contribution in [3.05, 3.63) is 0 Å². The van der Waals surface area contributed by atoms with Gasteiger partial charge < -0.3 is 10.1 Å². The van der Waals surface area contributed by atoms with Crippen molar-refractivity contribution in [3.63, 3.8) is 0 Å². The van der Waals surface area contributed by atoms with Gasteiger partial charge in [-0.25, -0.2) is 0 Å². The normalized spacial score (nSPS) is 27.5. The number of hydrogen-bond donors (Lipinski definition) is 1. The van der Waals surface area contributed by atoms with Crippen LogP contribution in [0.25, 0.3) is 0 Å². The molecule has 0 aromatic carbocycles. The molecule has 0 bridgehead atoms. The summed E-state index contributed by atoms with van der Waals surface area (Å²) in [7, 11) is 1.63. The number of carbonyl (C=O) groups excluding carboxylic acids is 1. The van der Waals surface area contributed by atoms with E-state index in [4.69, 9.17) is 4.74 Å². The number of nitrogens with one attached hydrogen (secondary N) is 1. The zero-order valence-electron chi connectivity index (χ0n) is 11.5. The molecule has 1 aliphatic carbocycles. The lowest BCUT2D eigenvalue weighted by molar-refractivity contribution is -0.123. The van der Waals surface area contributed by atoms with Crippen LogP contribution in [0.3, 0.4) is 0 Å². The lowest BCUT2D eigenvalue weighted by Crippen LogP contribution is -2.49. The van der Waals surface area contributed by atoms with Crippen LogP contribution in [-0.4, -0.2) is 25.2 Å². The summed E-state index contributed by atoms with van der Waals surface area (Å²) in [6.07, 6.45) is 5.99. The minimum absolute atomic E-state index is 0.0245. The van der Waals surface area contributed by atoms with E-state index >= 15 is 0 Å². The van der Waals surface area contributed by atoms with Crippen LogP contribution in [0.1, 0.15) is 51.9 Å². The molecule has 0 aliphatic heterocycles. The molecule has 1 rings (SSSR count). The average molecular weight is 252 g/mol. The van der Waals surface area contributed by atoms with E-state index in [1.165, 1.54) is 6.42 Å². The zero-order chi connectivity index (χ0) is 13.4. The van der Waals surface area contributed by atoms with E-state index < -0.39 is 5.54 Å². The van der Waals surface area contributed by atoms with Gasteiger partial charge >= 0.3 is 0 Å². The topological polar surface area (TPSA) is 62.1 Å². The highest BCUT2D eigenvalue weighted by atomic mass is 16.5. The molecule has 0 unspecified atom stereocenters. The molecule has 1 aliphatic rings. The molecule has 102 valence electrons. The molecule has 4 heteroatoms. The molecule has 0 saturated heterocycles. The summed E-state index contributed by atoms with van der Waals surface area (Å²) in [4.78, 5) is 11.8. The minimum atomic E-state index is -0.615. The van der Waals surface area contributed by atoms with Crippen molar-refractivity contribution < 1.29 is 9.53 Å². The van der Waals surface area contributed by atoms with Crippen molar-refractivity contribution in [1.82, 2.24) is 5.32 Å². The lowest BCUT2D eigenvalue weighted by atomic mass is 9.76. The molecule has 0 atom stereocenters. The van der Waals surface area contributed by atoms with Gasteiger partial charge in [0.2, 0.25) is 5.91 Å². The van der Waals surface area contributed by atoms with Crippen molar-refractivity contribution in [2.75, 3.05) is 13.7 Å². The van der Waals surface area contributed by atoms with Crippen LogP contribution in [0.5, 0.6) is 0 Å². The maximum absolute atomic E-state index is 11.8. The number of amides is 1. The molecule has 1 N–H and O–H groups in total. The van der Waals surface area contributed by atoms with E-state index in [-0.39, 0.29) is 5.91 Å². The molecule has 18 heavy (non-hydrogen) atoms. The van der Waals surface area contributed by atoms with Crippen molar-refractivity contribution in [2.24, 2.45) is 5.92 Å². The quantitative estimate of drug-likeness (QED) is 0.738. The third-order valence-corrected chi connectivity index (χ3v) is 3.88. The fourth-order valence-electron chi connectivity index (χ4n) is 2.55. The Morgan fingerprint density at radius 3 is 2.67 bits per heavy atom. The van der Waals surface area contributed by atoms with Crippen LogP contribution in [0, 0.1) is 17.2 Å². The van der Waals surface area contributed by atoms with Crippen molar-refractivity contribution >= 4 is 5.91 Å². The summed E-state index contributed by atoms with van der Waals surface area (Å²) < 4.78 is 4.92. The van der Waals surface area contributed by atoms with E-state index in [1.807, 2.05) is 0 Å². The number of nitrogens with zero attached hydrogens (tertiary/aromatic N) is 1. The Bertz CT molecular complexity index is 301. The van der Waals surface area contributed by atoms with Crippen molar-refractivity contribution in [2.45, 2.75) is 57.4 Å². The standard InChI is InChI=1S/C14H24N2O2/c1-3-12-6-8-14(11-15,9-7-12)16-13(17)5-4-10-18-2/h12H,3-10H2,1-2H3,(H,16,17). The molecule has 0 aromatic heterocycles. The van der Waals surface area contributed by atoms with Gasteiger partial charge in [0.15, 0.2) is 0 Å². The Morgan fingerprint density at radius 1 is 1.50 bits per heavy atom. The Morgan fingerprint density at radius 2 is 2.17 bits per heavy atom. The summed E-state index contributed by atoms with van der Waals surface area (Å²) in [5.41, 5.74) is -0.615. The van der Waals surface area contributed by atoms with E-state index in [9.17, 15) is 10.1 Å². The minimum Gasteiger partial charge on any atom is -0.385 e. The number of nitriles is 1. The molecule has 1 amide bonds. The molecule has 1 saturated carbocycles. The maximum atomic E-state index is 11.8. The van der Waals surface area contributed by atoms with E-state index in [0.717, 1.165) is 31.6 Å². The van der Waals surface area contributed by atoms with Gasteiger partial charge in [-0.2, -0.15) is 5.26 Å². The number of rotatable bonds is 6. The SMILES string of the molecule is CCC1CCC(C#N)(NC(=O)CCCOC)CC1. The third kappa shape index (κ3) is 4.30. The van der Waals surface area contributed by atoms with Gasteiger partial charge in [0.1, 0.15) is 5.54 Å². The summed E-state index contributed by atoms with van der Waals surface area (Å²) in [6, 6.07) is 2.32. The van der Waals surface area contributed by atoms with Gasteiger partial charge in [0.05, 0.1) is 6.07 Å². The van der Waals surface area contributed by atoms with Crippen LogP contribution < -0.4 is 5.32 Å². The Balaban J connectivity index is 2.42. The van der Waals surface area contributed by atoms with Crippen molar-refractivity contribution in [3.8, 4) is 6.07 Å². The second-order valence-corrected chi connectivity index (χ2v) is 5.19. The average Bonchev–Trinajstić information content (AvgIpc) is 2.40. The fourth-order valence-corrected chi connectivity index (χ4v) is 2.55.